The molecule has 3 nitrogen and oxygen atoms in total. The van der Waals surface area contributed by atoms with Gasteiger partial charge in [0, 0.05) is 23.7 Å². The first-order chi connectivity index (χ1) is 8.13. The van der Waals surface area contributed by atoms with Crippen molar-refractivity contribution in [3.05, 3.63) is 34.3 Å². The maximum Gasteiger partial charge on any atom is 0.0897 e. The molecule has 0 radical (unpaired) electrons. The number of ether oxygens (including phenoxy) is 1. The first-order valence-electron chi connectivity index (χ1n) is 5.88. The fraction of sp³-hybridized carbons (Fsp3) is 0.538. The smallest absolute Gasteiger partial charge is 0.0897 e. The van der Waals surface area contributed by atoms with Gasteiger partial charge in [-0.3, -0.25) is 0 Å². The highest BCUT2D eigenvalue weighted by Gasteiger charge is 2.08. The van der Waals surface area contributed by atoms with Gasteiger partial charge in [0.1, 0.15) is 0 Å². The van der Waals surface area contributed by atoms with Crippen molar-refractivity contribution in [2.45, 2.75) is 26.0 Å². The minimum atomic E-state index is -0.451. The van der Waals surface area contributed by atoms with Crippen molar-refractivity contribution in [3.8, 4) is 0 Å². The summed E-state index contributed by atoms with van der Waals surface area (Å²) in [6.07, 6.45) is -0.451. The Morgan fingerprint density at radius 1 is 1.35 bits per heavy atom. The fourth-order valence-corrected chi connectivity index (χ4v) is 1.76. The van der Waals surface area contributed by atoms with Gasteiger partial charge in [0.05, 0.1) is 12.7 Å². The molecule has 0 aliphatic heterocycles. The molecule has 96 valence electrons. The molecule has 1 aromatic carbocycles. The molecule has 0 aliphatic carbocycles. The Labute approximate surface area is 111 Å². The van der Waals surface area contributed by atoms with E-state index in [1.165, 1.54) is 5.56 Å². The Morgan fingerprint density at radius 2 is 2.00 bits per heavy atom. The van der Waals surface area contributed by atoms with Gasteiger partial charge in [-0.2, -0.15) is 0 Å². The molecule has 2 atom stereocenters. The van der Waals surface area contributed by atoms with Crippen molar-refractivity contribution in [2.75, 3.05) is 19.8 Å². The lowest BCUT2D eigenvalue weighted by Gasteiger charge is -2.17. The van der Waals surface area contributed by atoms with Gasteiger partial charge in [-0.1, -0.05) is 28.1 Å². The molecule has 1 rings (SSSR count). The largest absolute Gasteiger partial charge is 0.389 e. The summed E-state index contributed by atoms with van der Waals surface area (Å²) in [5.74, 6) is 0. The first-order valence-corrected chi connectivity index (χ1v) is 6.67. The zero-order valence-corrected chi connectivity index (χ0v) is 11.9. The van der Waals surface area contributed by atoms with Gasteiger partial charge in [0.2, 0.25) is 0 Å². The van der Waals surface area contributed by atoms with Crippen LogP contribution in [0.2, 0.25) is 0 Å². The van der Waals surface area contributed by atoms with Crippen molar-refractivity contribution < 1.29 is 9.84 Å². The van der Waals surface area contributed by atoms with Crippen molar-refractivity contribution in [3.63, 3.8) is 0 Å². The van der Waals surface area contributed by atoms with Crippen LogP contribution in [0.15, 0.2) is 28.7 Å². The second kappa shape index (κ2) is 7.82. The number of aliphatic hydroxyl groups is 1. The lowest BCUT2D eigenvalue weighted by molar-refractivity contribution is 0.0416. The summed E-state index contributed by atoms with van der Waals surface area (Å²) < 4.78 is 6.23. The van der Waals surface area contributed by atoms with Crippen LogP contribution >= 0.6 is 15.9 Å². The SMILES string of the molecule is CCOCC(O)CN[C@@H](C)c1ccc(Br)cc1. The Bertz CT molecular complexity index is 316. The van der Waals surface area contributed by atoms with Crippen LogP contribution in [0.4, 0.5) is 0 Å². The second-order valence-electron chi connectivity index (χ2n) is 3.99. The average Bonchev–Trinajstić information content (AvgIpc) is 2.34. The number of aliphatic hydroxyl groups excluding tert-OH is 1. The molecule has 0 spiro atoms. The number of hydrogen-bond donors (Lipinski definition) is 2. The molecule has 17 heavy (non-hydrogen) atoms. The van der Waals surface area contributed by atoms with E-state index in [0.29, 0.717) is 19.8 Å². The van der Waals surface area contributed by atoms with Crippen molar-refractivity contribution in [1.82, 2.24) is 5.32 Å². The third-order valence-electron chi connectivity index (χ3n) is 2.54. The van der Waals surface area contributed by atoms with Crippen LogP contribution in [0.5, 0.6) is 0 Å². The zero-order valence-electron chi connectivity index (χ0n) is 10.3. The minimum Gasteiger partial charge on any atom is -0.389 e. The summed E-state index contributed by atoms with van der Waals surface area (Å²) in [7, 11) is 0. The molecular formula is C13H20BrNO2. The highest BCUT2D eigenvalue weighted by atomic mass is 79.9. The minimum absolute atomic E-state index is 0.222. The van der Waals surface area contributed by atoms with Gasteiger partial charge in [-0.15, -0.1) is 0 Å². The normalized spacial score (nSPS) is 14.6. The molecule has 0 heterocycles. The van der Waals surface area contributed by atoms with Gasteiger partial charge in [0.25, 0.3) is 0 Å². The second-order valence-corrected chi connectivity index (χ2v) is 4.91. The number of rotatable bonds is 7. The van der Waals surface area contributed by atoms with Crippen LogP contribution in [-0.2, 0) is 4.74 Å². The number of hydrogen-bond acceptors (Lipinski definition) is 3. The molecule has 0 saturated heterocycles. The lowest BCUT2D eigenvalue weighted by Crippen LogP contribution is -2.32. The Kier molecular flexibility index (Phi) is 6.73. The van der Waals surface area contributed by atoms with Crippen molar-refractivity contribution >= 4 is 15.9 Å². The topological polar surface area (TPSA) is 41.5 Å². The highest BCUT2D eigenvalue weighted by molar-refractivity contribution is 9.10. The Balaban J connectivity index is 2.34. The third-order valence-corrected chi connectivity index (χ3v) is 3.07. The predicted molar refractivity (Wildman–Crippen MR) is 73.1 cm³/mol. The maximum atomic E-state index is 9.63. The molecular weight excluding hydrogens is 282 g/mol. The molecule has 0 aliphatic rings. The van der Waals surface area contributed by atoms with E-state index in [0.717, 1.165) is 4.47 Å². The van der Waals surface area contributed by atoms with E-state index in [1.54, 1.807) is 0 Å². The van der Waals surface area contributed by atoms with E-state index < -0.39 is 6.10 Å². The molecule has 0 saturated carbocycles. The van der Waals surface area contributed by atoms with Crippen LogP contribution in [-0.4, -0.2) is 31.0 Å². The van der Waals surface area contributed by atoms with Gasteiger partial charge >= 0.3 is 0 Å². The third kappa shape index (κ3) is 5.64. The van der Waals surface area contributed by atoms with Crippen LogP contribution in [0.1, 0.15) is 25.5 Å². The van der Waals surface area contributed by atoms with Crippen LogP contribution < -0.4 is 5.32 Å². The standard InChI is InChI=1S/C13H20BrNO2/c1-3-17-9-13(16)8-15-10(2)11-4-6-12(14)7-5-11/h4-7,10,13,15-16H,3,8-9H2,1-2H3/t10-,13?/m0/s1. The molecule has 0 aromatic heterocycles. The highest BCUT2D eigenvalue weighted by Crippen LogP contribution is 2.16. The summed E-state index contributed by atoms with van der Waals surface area (Å²) in [5.41, 5.74) is 1.21. The summed E-state index contributed by atoms with van der Waals surface area (Å²) in [6.45, 7) is 5.56. The maximum absolute atomic E-state index is 9.63. The van der Waals surface area contributed by atoms with Gasteiger partial charge in [0.15, 0.2) is 0 Å². The molecule has 0 fully saturated rings. The Morgan fingerprint density at radius 3 is 2.59 bits per heavy atom. The molecule has 4 heteroatoms. The van der Waals surface area contributed by atoms with E-state index in [-0.39, 0.29) is 6.04 Å². The zero-order chi connectivity index (χ0) is 12.7. The van der Waals surface area contributed by atoms with Crippen LogP contribution in [0.25, 0.3) is 0 Å². The molecule has 0 bridgehead atoms. The molecule has 1 unspecified atom stereocenters. The summed E-state index contributed by atoms with van der Waals surface area (Å²) in [4.78, 5) is 0. The first kappa shape index (κ1) is 14.6. The number of nitrogens with one attached hydrogen (secondary N) is 1. The monoisotopic (exact) mass is 301 g/mol. The van der Waals surface area contributed by atoms with E-state index in [4.69, 9.17) is 4.74 Å². The van der Waals surface area contributed by atoms with E-state index >= 15 is 0 Å². The van der Waals surface area contributed by atoms with Crippen molar-refractivity contribution in [1.29, 1.82) is 0 Å². The van der Waals surface area contributed by atoms with Crippen LogP contribution in [0, 0.1) is 0 Å². The summed E-state index contributed by atoms with van der Waals surface area (Å²) in [6, 6.07) is 8.39. The molecule has 2 N–H and O–H groups in total. The van der Waals surface area contributed by atoms with Crippen molar-refractivity contribution in [2.24, 2.45) is 0 Å². The van der Waals surface area contributed by atoms with E-state index in [9.17, 15) is 5.11 Å². The fourth-order valence-electron chi connectivity index (χ4n) is 1.49. The van der Waals surface area contributed by atoms with Gasteiger partial charge in [-0.25, -0.2) is 0 Å². The quantitative estimate of drug-likeness (QED) is 0.813. The van der Waals surface area contributed by atoms with E-state index in [1.807, 2.05) is 19.1 Å². The van der Waals surface area contributed by atoms with Gasteiger partial charge in [-0.05, 0) is 31.5 Å². The summed E-state index contributed by atoms with van der Waals surface area (Å²) in [5, 5.41) is 12.9. The average molecular weight is 302 g/mol. The number of benzene rings is 1. The lowest BCUT2D eigenvalue weighted by atomic mass is 10.1. The van der Waals surface area contributed by atoms with Crippen LogP contribution in [0.3, 0.4) is 0 Å². The predicted octanol–water partition coefficient (Wildman–Crippen LogP) is 2.50. The summed E-state index contributed by atoms with van der Waals surface area (Å²) >= 11 is 3.41. The molecule has 0 amide bonds. The van der Waals surface area contributed by atoms with E-state index in [2.05, 4.69) is 40.3 Å². The van der Waals surface area contributed by atoms with Gasteiger partial charge < -0.3 is 15.2 Å². The number of halogens is 1. The Hall–Kier alpha value is -0.420. The molecule has 1 aromatic rings.